The van der Waals surface area contributed by atoms with E-state index in [4.69, 9.17) is 16.3 Å². The summed E-state index contributed by atoms with van der Waals surface area (Å²) in [6, 6.07) is 36.7. The van der Waals surface area contributed by atoms with Crippen LogP contribution < -0.4 is 9.47 Å². The van der Waals surface area contributed by atoms with Crippen molar-refractivity contribution in [2.24, 2.45) is 0 Å². The number of benzene rings is 7. The van der Waals surface area contributed by atoms with E-state index in [0.29, 0.717) is 11.5 Å². The average molecular weight is 1490 g/mol. The van der Waals surface area contributed by atoms with Gasteiger partial charge in [-0.25, -0.2) is 4.39 Å². The molecule has 0 radical (unpaired) electrons. The second kappa shape index (κ2) is 35.3. The molecule has 0 aliphatic heterocycles. The summed E-state index contributed by atoms with van der Waals surface area (Å²) in [4.78, 5) is 0. The van der Waals surface area contributed by atoms with Gasteiger partial charge in [-0.3, -0.25) is 0 Å². The Kier molecular flexibility index (Phi) is 32.2. The zero-order valence-electron chi connectivity index (χ0n) is 62.4. The van der Waals surface area contributed by atoms with Crippen molar-refractivity contribution >= 4 is 11.6 Å². The highest BCUT2D eigenvalue weighted by Gasteiger charge is 2.39. The number of hydrogen-bond acceptors (Lipinski definition) is 2. The molecule has 7 rings (SSSR count). The molecule has 22 heteroatoms. The first-order valence-electron chi connectivity index (χ1n) is 32.2. The SMILES string of the molecule is CC(C)(C)c1cc(C(F)(F)F)cc(C(F)(F)F)c1.CC(C)(C)c1ccc(C(F)(F)F)cc1.CC(C)(C)c1ccc(C(F)(F)F)cc1Cl.CC(C)(C)c1ccc(F)c(C(F)(F)F)c1.CC(C)(C)c1cccc(OC(F)(F)F)c1.CC(C)c1cccc(C(C)(C)C)c1.COc1cccc(C(C)(C)C)c1. The van der Waals surface area contributed by atoms with E-state index in [9.17, 15) is 83.4 Å². The minimum atomic E-state index is -4.79. The fraction of sp³-hybridized carbons (Fsp3) is 0.475. The molecule has 0 N–H and O–H groups in total. The monoisotopic (exact) mass is 1490 g/mol. The van der Waals surface area contributed by atoms with Crippen LogP contribution in [-0.2, 0) is 68.8 Å². The lowest BCUT2D eigenvalue weighted by Gasteiger charge is -2.22. The third kappa shape index (κ3) is 33.3. The van der Waals surface area contributed by atoms with Crippen molar-refractivity contribution in [1.82, 2.24) is 0 Å². The number of hydrogen-bond donors (Lipinski definition) is 0. The summed E-state index contributed by atoms with van der Waals surface area (Å²) in [5.74, 6) is 0.162. The molecule has 0 saturated heterocycles. The molecule has 570 valence electrons. The largest absolute Gasteiger partial charge is 0.573 e. The zero-order chi connectivity index (χ0) is 80.0. The summed E-state index contributed by atoms with van der Waals surface area (Å²) < 4.78 is 244. The second-order valence-electron chi connectivity index (χ2n) is 31.6. The van der Waals surface area contributed by atoms with Crippen molar-refractivity contribution in [3.63, 3.8) is 0 Å². The third-order valence-electron chi connectivity index (χ3n) is 15.1. The smallest absolute Gasteiger partial charge is 0.497 e. The van der Waals surface area contributed by atoms with E-state index in [1.807, 2.05) is 74.4 Å². The molecule has 0 unspecified atom stereocenters. The van der Waals surface area contributed by atoms with Crippen molar-refractivity contribution in [2.75, 3.05) is 7.11 Å². The fourth-order valence-electron chi connectivity index (χ4n) is 8.67. The van der Waals surface area contributed by atoms with Crippen molar-refractivity contribution in [1.29, 1.82) is 0 Å². The first-order valence-corrected chi connectivity index (χ1v) is 32.6. The molecule has 0 bridgehead atoms. The average Bonchev–Trinajstić information content (AvgIpc) is 0.800. The van der Waals surface area contributed by atoms with E-state index in [2.05, 4.69) is 96.5 Å². The molecule has 0 heterocycles. The molecule has 7 aromatic rings. The van der Waals surface area contributed by atoms with E-state index in [1.54, 1.807) is 60.8 Å². The molecule has 0 amide bonds. The van der Waals surface area contributed by atoms with Crippen molar-refractivity contribution in [3.05, 3.63) is 235 Å². The summed E-state index contributed by atoms with van der Waals surface area (Å²) in [5, 5.41) is 0.164. The van der Waals surface area contributed by atoms with Gasteiger partial charge in [-0.05, 0) is 167 Å². The van der Waals surface area contributed by atoms with Crippen molar-refractivity contribution in [2.45, 2.75) is 240 Å². The highest BCUT2D eigenvalue weighted by Crippen LogP contribution is 2.41. The molecule has 7 aromatic carbocycles. The lowest BCUT2D eigenvalue weighted by atomic mass is 9.85. The van der Waals surface area contributed by atoms with Gasteiger partial charge >= 0.3 is 37.2 Å². The summed E-state index contributed by atoms with van der Waals surface area (Å²) in [6.45, 7) is 45.2. The highest BCUT2D eigenvalue weighted by molar-refractivity contribution is 6.31. The standard InChI is InChI=1S/C13H20.C12H12F6.C11H12ClF3.C11H12F4.C11H13F3O.C11H13F3.C11H16O/c1-10(2)11-7-6-8-12(9-11)13(3,4)5;1-10(2,3)7-4-8(11(13,14)15)6-9(5-7)12(16,17)18;1-10(2,3)8-5-4-7(6-9(8)12)11(13,14)15;1-10(2,3)7-4-5-9(12)8(6-7)11(13,14)15;1-10(2,3)8-5-4-6-9(7-8)15-11(12,13)14;1-10(2,3)8-4-6-9(7-5-8)11(12,13)14;1-11(2,3)9-6-5-7-10(8-9)12-4/h6-10H,1-5H3;4-6H,1-3H3;2*4-6H,1-3H3;4-7H,1-3H3;4-7H,1-3H3;5-8H,1-4H3. The summed E-state index contributed by atoms with van der Waals surface area (Å²) in [6.07, 6.45) is -27.4. The fourth-order valence-corrected chi connectivity index (χ4v) is 9.13. The summed E-state index contributed by atoms with van der Waals surface area (Å²) >= 11 is 5.82. The van der Waals surface area contributed by atoms with Gasteiger partial charge in [0.25, 0.3) is 0 Å². The van der Waals surface area contributed by atoms with E-state index in [1.165, 1.54) is 53.1 Å². The van der Waals surface area contributed by atoms with E-state index < -0.39 is 81.7 Å². The van der Waals surface area contributed by atoms with Crippen LogP contribution in [0.1, 0.15) is 237 Å². The number of alkyl halides is 18. The van der Waals surface area contributed by atoms with E-state index >= 15 is 0 Å². The van der Waals surface area contributed by atoms with Crippen LogP contribution >= 0.6 is 11.6 Å². The van der Waals surface area contributed by atoms with Gasteiger partial charge in [0.05, 0.1) is 34.9 Å². The topological polar surface area (TPSA) is 18.5 Å². The molecular weight excluding hydrogens is 1390 g/mol. The zero-order valence-corrected chi connectivity index (χ0v) is 63.1. The van der Waals surface area contributed by atoms with Gasteiger partial charge in [0.1, 0.15) is 17.3 Å². The van der Waals surface area contributed by atoms with Crippen LogP contribution in [0.5, 0.6) is 11.5 Å². The Morgan fingerprint density at radius 1 is 0.284 bits per heavy atom. The molecular formula is C80H98ClF19O2. The maximum Gasteiger partial charge on any atom is 0.573 e. The van der Waals surface area contributed by atoms with Crippen LogP contribution in [0, 0.1) is 5.82 Å². The first-order chi connectivity index (χ1) is 45.4. The quantitative estimate of drug-likeness (QED) is 0.164. The Labute approximate surface area is 595 Å². The van der Waals surface area contributed by atoms with Gasteiger partial charge < -0.3 is 9.47 Å². The third-order valence-corrected chi connectivity index (χ3v) is 15.4. The van der Waals surface area contributed by atoms with Crippen molar-refractivity contribution < 1.29 is 92.9 Å². The number of rotatable bonds is 3. The summed E-state index contributed by atoms with van der Waals surface area (Å²) in [5.41, 5.74) is 0.747. The Balaban J connectivity index is 0.000000597. The Morgan fingerprint density at radius 2 is 0.608 bits per heavy atom. The predicted octanol–water partition coefficient (Wildman–Crippen LogP) is 28.8. The van der Waals surface area contributed by atoms with E-state index in [0.717, 1.165) is 71.0 Å². The predicted molar refractivity (Wildman–Crippen MR) is 373 cm³/mol. The highest BCUT2D eigenvalue weighted by atomic mass is 35.5. The van der Waals surface area contributed by atoms with Crippen LogP contribution in [0.2, 0.25) is 5.02 Å². The van der Waals surface area contributed by atoms with Gasteiger partial charge in [-0.2, -0.15) is 65.9 Å². The molecule has 0 fully saturated rings. The Hall–Kier alpha value is -6.90. The maximum atomic E-state index is 12.9. The number of halogens is 20. The van der Waals surface area contributed by atoms with Crippen LogP contribution in [-0.4, -0.2) is 13.5 Å². The molecule has 2 nitrogen and oxygen atoms in total. The van der Waals surface area contributed by atoms with E-state index in [-0.39, 0.29) is 49.5 Å². The van der Waals surface area contributed by atoms with Gasteiger partial charge in [0.2, 0.25) is 0 Å². The Morgan fingerprint density at radius 3 is 0.941 bits per heavy atom. The van der Waals surface area contributed by atoms with Gasteiger partial charge in [0, 0.05) is 5.02 Å². The minimum absolute atomic E-state index is 0.00431. The number of methoxy groups -OCH3 is 1. The van der Waals surface area contributed by atoms with Crippen molar-refractivity contribution in [3.8, 4) is 11.5 Å². The normalized spacial score (nSPS) is 12.8. The maximum absolute atomic E-state index is 12.9. The van der Waals surface area contributed by atoms with Crippen LogP contribution in [0.15, 0.2) is 152 Å². The van der Waals surface area contributed by atoms with Crippen LogP contribution in [0.25, 0.3) is 0 Å². The molecule has 0 saturated carbocycles. The Bertz CT molecular complexity index is 3590. The molecule has 0 aliphatic rings. The molecule has 0 atom stereocenters. The molecule has 102 heavy (non-hydrogen) atoms. The van der Waals surface area contributed by atoms with Gasteiger partial charge in [-0.1, -0.05) is 244 Å². The molecule has 0 aromatic heterocycles. The van der Waals surface area contributed by atoms with Gasteiger partial charge in [0.15, 0.2) is 0 Å². The van der Waals surface area contributed by atoms with Gasteiger partial charge in [-0.15, -0.1) is 13.2 Å². The second-order valence-corrected chi connectivity index (χ2v) is 32.0. The number of ether oxygens (including phenoxy) is 2. The molecule has 0 aliphatic carbocycles. The first kappa shape index (κ1) is 93.1. The lowest BCUT2D eigenvalue weighted by Crippen LogP contribution is -2.18. The minimum Gasteiger partial charge on any atom is -0.497 e. The molecule has 0 spiro atoms. The van der Waals surface area contributed by atoms with Crippen LogP contribution in [0.3, 0.4) is 0 Å². The summed E-state index contributed by atoms with van der Waals surface area (Å²) in [7, 11) is 1.70. The van der Waals surface area contributed by atoms with Crippen LogP contribution in [0.4, 0.5) is 83.4 Å². The lowest BCUT2D eigenvalue weighted by molar-refractivity contribution is -0.274.